The molecule has 0 aliphatic carbocycles. The number of nitrogens with one attached hydrogen (secondary N) is 2. The summed E-state index contributed by atoms with van der Waals surface area (Å²) in [6.45, 7) is 0. The summed E-state index contributed by atoms with van der Waals surface area (Å²) in [5.41, 5.74) is -0.359. The molecule has 1 aliphatic rings. The van der Waals surface area contributed by atoms with Gasteiger partial charge in [0.15, 0.2) is 11.6 Å². The number of phenols is 1. The predicted octanol–water partition coefficient (Wildman–Crippen LogP) is 1.28. The first kappa shape index (κ1) is 13.3. The van der Waals surface area contributed by atoms with E-state index in [0.29, 0.717) is 25.3 Å². The lowest BCUT2D eigenvalue weighted by Crippen LogP contribution is -2.46. The Kier molecular flexibility index (Phi) is 3.64. The maximum Gasteiger partial charge on any atom is 0.247 e. The van der Waals surface area contributed by atoms with E-state index in [1.165, 1.54) is 0 Å². The highest BCUT2D eigenvalue weighted by molar-refractivity contribution is 5.98. The topological polar surface area (TPSA) is 78.4 Å². The highest BCUT2D eigenvalue weighted by Crippen LogP contribution is 2.28. The summed E-state index contributed by atoms with van der Waals surface area (Å²) in [5.74, 6) is -3.78. The van der Waals surface area contributed by atoms with Crippen molar-refractivity contribution >= 4 is 17.5 Å². The third kappa shape index (κ3) is 2.98. The molecule has 1 saturated heterocycles. The fraction of sp³-hybridized carbons (Fsp3) is 0.333. The molecule has 19 heavy (non-hydrogen) atoms. The van der Waals surface area contributed by atoms with Gasteiger partial charge in [0.25, 0.3) is 0 Å². The summed E-state index contributed by atoms with van der Waals surface area (Å²) in [5, 5.41) is 14.0. The van der Waals surface area contributed by atoms with Gasteiger partial charge in [-0.05, 0) is 12.8 Å². The number of hydrogen-bond donors (Lipinski definition) is 3. The number of phenolic OH excluding ortho intramolecular Hbond substituents is 1. The smallest absolute Gasteiger partial charge is 0.247 e. The van der Waals surface area contributed by atoms with Gasteiger partial charge in [0.2, 0.25) is 11.8 Å². The molecule has 1 atom stereocenters. The van der Waals surface area contributed by atoms with Crippen molar-refractivity contribution in [3.63, 3.8) is 0 Å². The number of piperidine rings is 1. The molecule has 0 saturated carbocycles. The Balaban J connectivity index is 2.12. The molecule has 1 unspecified atom stereocenters. The van der Waals surface area contributed by atoms with Crippen molar-refractivity contribution in [2.45, 2.75) is 25.3 Å². The minimum absolute atomic E-state index is 0.249. The Morgan fingerprint density at radius 3 is 2.84 bits per heavy atom. The lowest BCUT2D eigenvalue weighted by Gasteiger charge is -2.22. The van der Waals surface area contributed by atoms with Crippen molar-refractivity contribution in [2.75, 3.05) is 5.32 Å². The van der Waals surface area contributed by atoms with Crippen LogP contribution in [0, 0.1) is 11.6 Å². The monoisotopic (exact) mass is 270 g/mol. The van der Waals surface area contributed by atoms with E-state index in [1.807, 2.05) is 0 Å². The summed E-state index contributed by atoms with van der Waals surface area (Å²) in [4.78, 5) is 23.0. The van der Waals surface area contributed by atoms with E-state index < -0.39 is 29.3 Å². The second kappa shape index (κ2) is 5.21. The van der Waals surface area contributed by atoms with Crippen LogP contribution in [0.2, 0.25) is 0 Å². The molecular weight excluding hydrogens is 258 g/mol. The Bertz CT molecular complexity index is 534. The minimum atomic E-state index is -1.16. The van der Waals surface area contributed by atoms with Gasteiger partial charge in [-0.3, -0.25) is 9.59 Å². The van der Waals surface area contributed by atoms with E-state index in [9.17, 15) is 23.5 Å². The van der Waals surface area contributed by atoms with E-state index in [2.05, 4.69) is 10.6 Å². The highest BCUT2D eigenvalue weighted by Gasteiger charge is 2.25. The van der Waals surface area contributed by atoms with Crippen molar-refractivity contribution in [1.29, 1.82) is 0 Å². The summed E-state index contributed by atoms with van der Waals surface area (Å²) >= 11 is 0. The Morgan fingerprint density at radius 2 is 2.16 bits per heavy atom. The molecule has 102 valence electrons. The Morgan fingerprint density at radius 1 is 1.42 bits per heavy atom. The molecule has 2 amide bonds. The van der Waals surface area contributed by atoms with E-state index >= 15 is 0 Å². The fourth-order valence-corrected chi connectivity index (χ4v) is 1.88. The van der Waals surface area contributed by atoms with Crippen molar-refractivity contribution in [2.24, 2.45) is 0 Å². The quantitative estimate of drug-likeness (QED) is 0.708. The standard InChI is InChI=1S/C12H12F2N2O3/c13-6-4-7(14)11(18)9(5-6)16-12(19)8-2-1-3-10(17)15-8/h4-5,8,18H,1-3H2,(H,15,17)(H,16,19). The second-order valence-corrected chi connectivity index (χ2v) is 4.29. The predicted molar refractivity (Wildman–Crippen MR) is 62.4 cm³/mol. The molecule has 1 aliphatic heterocycles. The first-order valence-electron chi connectivity index (χ1n) is 5.75. The lowest BCUT2D eigenvalue weighted by molar-refractivity contribution is -0.128. The van der Waals surface area contributed by atoms with Crippen LogP contribution in [0.4, 0.5) is 14.5 Å². The SMILES string of the molecule is O=C1CCCC(C(=O)Nc2cc(F)cc(F)c2O)N1. The number of anilines is 1. The number of carbonyl (C=O) groups is 2. The maximum absolute atomic E-state index is 13.1. The lowest BCUT2D eigenvalue weighted by atomic mass is 10.0. The van der Waals surface area contributed by atoms with Crippen LogP contribution < -0.4 is 10.6 Å². The summed E-state index contributed by atoms with van der Waals surface area (Å²) in [6.07, 6.45) is 1.35. The third-order valence-corrected chi connectivity index (χ3v) is 2.83. The van der Waals surface area contributed by atoms with Crippen molar-refractivity contribution < 1.29 is 23.5 Å². The van der Waals surface area contributed by atoms with Crippen molar-refractivity contribution in [3.05, 3.63) is 23.8 Å². The van der Waals surface area contributed by atoms with Crippen LogP contribution in [-0.2, 0) is 9.59 Å². The number of rotatable bonds is 2. The Hall–Kier alpha value is -2.18. The number of halogens is 2. The molecule has 1 fully saturated rings. The number of benzene rings is 1. The zero-order valence-corrected chi connectivity index (χ0v) is 9.87. The maximum atomic E-state index is 13.1. The number of carbonyl (C=O) groups excluding carboxylic acids is 2. The van der Waals surface area contributed by atoms with Gasteiger partial charge in [-0.25, -0.2) is 8.78 Å². The number of aromatic hydroxyl groups is 1. The van der Waals surface area contributed by atoms with Gasteiger partial charge < -0.3 is 15.7 Å². The molecule has 0 spiro atoms. The minimum Gasteiger partial charge on any atom is -0.503 e. The van der Waals surface area contributed by atoms with Gasteiger partial charge in [-0.1, -0.05) is 0 Å². The van der Waals surface area contributed by atoms with Crippen LogP contribution in [0.5, 0.6) is 5.75 Å². The van der Waals surface area contributed by atoms with Crippen LogP contribution in [0.25, 0.3) is 0 Å². The molecule has 5 nitrogen and oxygen atoms in total. The van der Waals surface area contributed by atoms with E-state index in [1.54, 1.807) is 0 Å². The zero-order chi connectivity index (χ0) is 14.0. The van der Waals surface area contributed by atoms with Gasteiger partial charge >= 0.3 is 0 Å². The molecule has 3 N–H and O–H groups in total. The van der Waals surface area contributed by atoms with Gasteiger partial charge in [-0.2, -0.15) is 0 Å². The number of amides is 2. The summed E-state index contributed by atoms with van der Waals surface area (Å²) in [7, 11) is 0. The highest BCUT2D eigenvalue weighted by atomic mass is 19.1. The number of hydrogen-bond acceptors (Lipinski definition) is 3. The average molecular weight is 270 g/mol. The van der Waals surface area contributed by atoms with Crippen LogP contribution in [0.3, 0.4) is 0 Å². The molecule has 2 rings (SSSR count). The van der Waals surface area contributed by atoms with Gasteiger partial charge in [-0.15, -0.1) is 0 Å². The first-order valence-corrected chi connectivity index (χ1v) is 5.75. The largest absolute Gasteiger partial charge is 0.503 e. The molecular formula is C12H12F2N2O3. The average Bonchev–Trinajstić information content (AvgIpc) is 2.35. The third-order valence-electron chi connectivity index (χ3n) is 2.83. The molecule has 0 radical (unpaired) electrons. The molecule has 1 heterocycles. The van der Waals surface area contributed by atoms with Crippen molar-refractivity contribution in [1.82, 2.24) is 5.32 Å². The van der Waals surface area contributed by atoms with Crippen LogP contribution in [0.1, 0.15) is 19.3 Å². The Labute approximate surface area is 107 Å². The van der Waals surface area contributed by atoms with Gasteiger partial charge in [0.05, 0.1) is 5.69 Å². The molecule has 1 aromatic rings. The molecule has 0 bridgehead atoms. The molecule has 1 aromatic carbocycles. The fourth-order valence-electron chi connectivity index (χ4n) is 1.88. The van der Waals surface area contributed by atoms with E-state index in [4.69, 9.17) is 0 Å². The van der Waals surface area contributed by atoms with Crippen LogP contribution in [-0.4, -0.2) is 23.0 Å². The van der Waals surface area contributed by atoms with E-state index in [-0.39, 0.29) is 11.6 Å². The van der Waals surface area contributed by atoms with Gasteiger partial charge in [0.1, 0.15) is 11.9 Å². The van der Waals surface area contributed by atoms with Crippen LogP contribution >= 0.6 is 0 Å². The van der Waals surface area contributed by atoms with Crippen molar-refractivity contribution in [3.8, 4) is 5.75 Å². The van der Waals surface area contributed by atoms with E-state index in [0.717, 1.165) is 6.07 Å². The molecule has 7 heteroatoms. The summed E-state index contributed by atoms with van der Waals surface area (Å²) in [6, 6.07) is 0.556. The first-order chi connectivity index (χ1) is 8.97. The molecule has 0 aromatic heterocycles. The van der Waals surface area contributed by atoms with Crippen LogP contribution in [0.15, 0.2) is 12.1 Å². The zero-order valence-electron chi connectivity index (χ0n) is 9.87. The summed E-state index contributed by atoms with van der Waals surface area (Å²) < 4.78 is 26.1. The van der Waals surface area contributed by atoms with Gasteiger partial charge in [0, 0.05) is 18.6 Å². The normalized spacial score (nSPS) is 18.8. The second-order valence-electron chi connectivity index (χ2n) is 4.29.